The van der Waals surface area contributed by atoms with Crippen molar-refractivity contribution >= 4 is 84.4 Å². The maximum atomic E-state index is 12.0. The Morgan fingerprint density at radius 1 is 0.494 bits per heavy atom. The maximum Gasteiger partial charge on any atom is 0.305 e. The number of anilines is 2. The van der Waals surface area contributed by atoms with Crippen molar-refractivity contribution < 1.29 is 14.7 Å². The number of nitrogens with zero attached hydrogens (tertiary/aromatic N) is 4. The van der Waals surface area contributed by atoms with Gasteiger partial charge in [-0.05, 0) is 94.7 Å². The number of thioether (sulfide) groups is 2. The number of ketones is 1. The summed E-state index contributed by atoms with van der Waals surface area (Å²) in [5.41, 5.74) is 15.9. The molecule has 0 bridgehead atoms. The van der Waals surface area contributed by atoms with E-state index in [0.717, 1.165) is 55.6 Å². The normalized spacial score (nSPS) is 10.5. The number of Topliss-reactive ketones (excluding diaryl/α,β-unsaturated/α-hetero) is 1. The number of nitrogens with two attached hydrogens (primary N) is 1. The van der Waals surface area contributed by atoms with Crippen molar-refractivity contribution in [3.8, 4) is 0 Å². The fraction of sp³-hybridized carbons (Fsp3) is 0.284. The highest BCUT2D eigenvalue weighted by atomic mass is 32.7. The molecule has 0 spiro atoms. The molecule has 0 unspecified atom stereocenters. The largest absolute Gasteiger partial charge is 0.481 e. The Morgan fingerprint density at radius 3 is 1.01 bits per heavy atom. The van der Waals surface area contributed by atoms with E-state index >= 15 is 0 Å². The van der Waals surface area contributed by atoms with E-state index < -0.39 is 10.7 Å². The first kappa shape index (κ1) is 69.3. The first-order valence-corrected chi connectivity index (χ1v) is 33.9. The van der Waals surface area contributed by atoms with Gasteiger partial charge in [0.1, 0.15) is 5.78 Å². The lowest BCUT2D eigenvalue weighted by Gasteiger charge is -2.35. The van der Waals surface area contributed by atoms with Gasteiger partial charge in [-0.2, -0.15) is 0 Å². The van der Waals surface area contributed by atoms with Crippen LogP contribution < -0.4 is 15.5 Å². The van der Waals surface area contributed by atoms with E-state index in [1.807, 2.05) is 92.9 Å². The van der Waals surface area contributed by atoms with E-state index in [2.05, 4.69) is 236 Å². The molecule has 0 saturated heterocycles. The molecule has 3 N–H and O–H groups in total. The summed E-state index contributed by atoms with van der Waals surface area (Å²) in [5.74, 6) is 0.969. The Hall–Kier alpha value is -5.94. The second kappa shape index (κ2) is 40.3. The highest BCUT2D eigenvalue weighted by molar-refractivity contribution is 8.40. The molecule has 0 radical (unpaired) electrons. The first-order chi connectivity index (χ1) is 39.6. The summed E-state index contributed by atoms with van der Waals surface area (Å²) in [4.78, 5) is 36.5. The molecular formula is C67H81N5O3P2S4. The molecule has 0 saturated carbocycles. The molecule has 0 atom stereocenters. The zero-order chi connectivity index (χ0) is 59.1. The van der Waals surface area contributed by atoms with Crippen LogP contribution in [0.3, 0.4) is 0 Å². The SMILES string of the molecule is CC.CCC.CCCC(=O)CCN(C)c1ccnc(CSC(c2ccccc2)(c2ccccc2)c2ccccc2)c1.CN.CN(CCC(=O)O)c1ccnc(CSC(c2ccccc2)(c2ccccc2)c2ccccc2)c1.S=PP=S. The number of carbonyl (C=O) groups excluding carboxylic acids is 1. The number of carboxylic acid groups (broad SMARTS) is 1. The molecule has 426 valence electrons. The first-order valence-electron chi connectivity index (χ1n) is 27.4. The van der Waals surface area contributed by atoms with Crippen molar-refractivity contribution in [3.05, 3.63) is 263 Å². The third-order valence-electron chi connectivity index (χ3n) is 12.4. The smallest absolute Gasteiger partial charge is 0.305 e. The molecule has 8 nitrogen and oxygen atoms in total. The highest BCUT2D eigenvalue weighted by Crippen LogP contribution is 2.51. The average Bonchev–Trinajstić information content (AvgIpc) is 3.66. The fourth-order valence-electron chi connectivity index (χ4n) is 8.68. The van der Waals surface area contributed by atoms with Gasteiger partial charge in [-0.15, -0.1) is 23.5 Å². The number of benzene rings is 6. The molecule has 2 heterocycles. The summed E-state index contributed by atoms with van der Waals surface area (Å²) < 4.78 is -0.781. The molecule has 2 aromatic heterocycles. The van der Waals surface area contributed by atoms with Gasteiger partial charge in [0.05, 0.1) is 27.3 Å². The van der Waals surface area contributed by atoms with Crippen LogP contribution in [0.2, 0.25) is 0 Å². The van der Waals surface area contributed by atoms with Gasteiger partial charge in [0.15, 0.2) is 0 Å². The summed E-state index contributed by atoms with van der Waals surface area (Å²) in [6.45, 7) is 11.5. The van der Waals surface area contributed by atoms with Crippen LogP contribution in [0.1, 0.15) is 111 Å². The lowest BCUT2D eigenvalue weighted by Crippen LogP contribution is -2.26. The van der Waals surface area contributed by atoms with Crippen LogP contribution >= 0.6 is 37.6 Å². The number of hydrogen-bond acceptors (Lipinski definition) is 11. The summed E-state index contributed by atoms with van der Waals surface area (Å²) in [5, 5.41) is 9.02. The number of carbonyl (C=O) groups is 2. The Bertz CT molecular complexity index is 2770. The number of pyridine rings is 2. The molecule has 0 amide bonds. The van der Waals surface area contributed by atoms with E-state index in [-0.39, 0.29) is 11.2 Å². The fourth-order valence-corrected chi connectivity index (χ4v) is 11.5. The summed E-state index contributed by atoms with van der Waals surface area (Å²) in [7, 11) is 7.20. The standard InChI is InChI=1S/C32H34N2OS.C29H28N2O2S.C3H8.C2H6.CH5N.P2S2/c1-3-13-31(35)21-23-34(2)30-20-22-33-29(24-30)25-36-32(26-14-7-4-8-15-26,27-16-9-5-10-17-27)28-18-11-6-12-19-28;1-31(20-18-28(32)33)27-17-19-30-26(21-27)22-34-29(23-11-5-2-6-12-23,24-13-7-3-8-14-24)25-15-9-4-10-16-25;1-3-2;2*1-2;3-1-2-4/h4-12,14-20,22,24H,3,13,21,23,25H2,1-2H3;2-17,19,21H,18,20,22H2,1H3,(H,32,33);3H2,1-2H3;1-2H3;2H2,1H3;. The zero-order valence-corrected chi connectivity index (χ0v) is 53.4. The van der Waals surface area contributed by atoms with Crippen LogP contribution in [0.5, 0.6) is 0 Å². The topological polar surface area (TPSA) is 113 Å². The average molecular weight is 1190 g/mol. The molecule has 6 aromatic carbocycles. The molecule has 0 aliphatic carbocycles. The van der Waals surface area contributed by atoms with Crippen LogP contribution in [0.15, 0.2) is 219 Å². The minimum Gasteiger partial charge on any atom is -0.481 e. The van der Waals surface area contributed by atoms with Gasteiger partial charge in [-0.25, -0.2) is 0 Å². The van der Waals surface area contributed by atoms with E-state index in [1.165, 1.54) is 46.8 Å². The second-order valence-electron chi connectivity index (χ2n) is 18.0. The van der Waals surface area contributed by atoms with Gasteiger partial charge < -0.3 is 20.6 Å². The van der Waals surface area contributed by atoms with Crippen molar-refractivity contribution in [2.24, 2.45) is 5.73 Å². The molecule has 81 heavy (non-hydrogen) atoms. The van der Waals surface area contributed by atoms with E-state index in [0.29, 0.717) is 30.9 Å². The molecule has 14 heteroatoms. The van der Waals surface area contributed by atoms with Crippen molar-refractivity contribution in [2.45, 2.75) is 87.7 Å². The number of aromatic nitrogens is 2. The van der Waals surface area contributed by atoms with E-state index in [9.17, 15) is 9.59 Å². The monoisotopic (exact) mass is 1190 g/mol. The number of rotatable bonds is 23. The predicted octanol–water partition coefficient (Wildman–Crippen LogP) is 17.5. The quantitative estimate of drug-likeness (QED) is 0.0470. The Balaban J connectivity index is 0.000000362. The number of carboxylic acids is 1. The molecule has 8 aromatic rings. The van der Waals surface area contributed by atoms with Gasteiger partial charge in [0.2, 0.25) is 0 Å². The Labute approximate surface area is 506 Å². The Morgan fingerprint density at radius 2 is 0.765 bits per heavy atom. The van der Waals surface area contributed by atoms with Crippen LogP contribution in [-0.4, -0.2) is 61.1 Å². The highest BCUT2D eigenvalue weighted by Gasteiger charge is 2.38. The number of hydrogen-bond donors (Lipinski definition) is 2. The van der Waals surface area contributed by atoms with Crippen LogP contribution in [0, 0.1) is 0 Å². The number of aliphatic carboxylic acids is 1. The van der Waals surface area contributed by atoms with Gasteiger partial charge >= 0.3 is 5.97 Å². The minimum absolute atomic E-state index is 0.0992. The summed E-state index contributed by atoms with van der Waals surface area (Å²) >= 11 is 12.6. The third-order valence-corrected chi connectivity index (χ3v) is 18.2. The summed E-state index contributed by atoms with van der Waals surface area (Å²) in [6.07, 6.45) is 7.18. The van der Waals surface area contributed by atoms with Crippen molar-refractivity contribution in [2.75, 3.05) is 44.0 Å². The van der Waals surface area contributed by atoms with Gasteiger partial charge in [-0.3, -0.25) is 19.6 Å². The molecular weight excluding hydrogens is 1110 g/mol. The summed E-state index contributed by atoms with van der Waals surface area (Å²) in [6, 6.07) is 72.2. The lowest BCUT2D eigenvalue weighted by atomic mass is 9.84. The van der Waals surface area contributed by atoms with Crippen molar-refractivity contribution in [3.63, 3.8) is 0 Å². The maximum absolute atomic E-state index is 12.0. The van der Waals surface area contributed by atoms with E-state index in [4.69, 9.17) is 10.1 Å². The molecule has 0 aliphatic rings. The second-order valence-corrected chi connectivity index (χ2v) is 24.7. The minimum atomic E-state index is -0.796. The Kier molecular flexibility index (Phi) is 34.5. The third kappa shape index (κ3) is 22.1. The molecule has 8 rings (SSSR count). The van der Waals surface area contributed by atoms with Gasteiger partial charge in [0, 0.05) is 89.4 Å². The predicted molar refractivity (Wildman–Crippen MR) is 359 cm³/mol. The molecule has 0 aliphatic heterocycles. The zero-order valence-electron chi connectivity index (χ0n) is 48.3. The lowest BCUT2D eigenvalue weighted by molar-refractivity contribution is -0.136. The molecule has 0 fully saturated rings. The van der Waals surface area contributed by atoms with Crippen LogP contribution in [-0.2, 0) is 54.2 Å². The van der Waals surface area contributed by atoms with Gasteiger partial charge in [0.25, 0.3) is 0 Å². The van der Waals surface area contributed by atoms with Crippen LogP contribution in [0.4, 0.5) is 11.4 Å². The van der Waals surface area contributed by atoms with E-state index in [1.54, 1.807) is 6.20 Å². The van der Waals surface area contributed by atoms with Crippen molar-refractivity contribution in [1.29, 1.82) is 0 Å². The van der Waals surface area contributed by atoms with Gasteiger partial charge in [-0.1, -0.05) is 223 Å². The van der Waals surface area contributed by atoms with Crippen LogP contribution in [0.25, 0.3) is 0 Å². The van der Waals surface area contributed by atoms with Crippen molar-refractivity contribution in [1.82, 2.24) is 9.97 Å².